The minimum Gasteiger partial charge on any atom is -0.449 e. The number of hydrogen-bond acceptors (Lipinski definition) is 3. The van der Waals surface area contributed by atoms with Gasteiger partial charge in [-0.2, -0.15) is 0 Å². The Kier molecular flexibility index (Phi) is 5.46. The molecule has 0 saturated carbocycles. The molecular weight excluding hydrogens is 347 g/mol. The number of esters is 1. The van der Waals surface area contributed by atoms with Crippen LogP contribution < -0.4 is 5.32 Å². The molecule has 0 saturated heterocycles. The molecule has 0 aliphatic rings. The summed E-state index contributed by atoms with van der Waals surface area (Å²) in [5.74, 6) is -4.49. The summed E-state index contributed by atoms with van der Waals surface area (Å²) in [6, 6.07) is 6.09. The predicted octanol–water partition coefficient (Wildman–Crippen LogP) is 3.94. The number of amides is 1. The smallest absolute Gasteiger partial charge is 0.340 e. The van der Waals surface area contributed by atoms with Gasteiger partial charge in [-0.1, -0.05) is 17.7 Å². The van der Waals surface area contributed by atoms with E-state index in [9.17, 15) is 22.8 Å². The Bertz CT molecular complexity index is 778. The van der Waals surface area contributed by atoms with Gasteiger partial charge in [0.2, 0.25) is 0 Å². The van der Waals surface area contributed by atoms with Crippen molar-refractivity contribution in [1.82, 2.24) is 0 Å². The molecular formula is C16H11ClF3NO3. The van der Waals surface area contributed by atoms with E-state index in [2.05, 4.69) is 0 Å². The van der Waals surface area contributed by atoms with Gasteiger partial charge in [0.15, 0.2) is 6.10 Å². The topological polar surface area (TPSA) is 55.4 Å². The minimum absolute atomic E-state index is 0.144. The second-order valence-corrected chi connectivity index (χ2v) is 5.16. The van der Waals surface area contributed by atoms with E-state index in [-0.39, 0.29) is 10.6 Å². The number of hydrogen-bond donors (Lipinski definition) is 1. The molecule has 0 heterocycles. The fourth-order valence-corrected chi connectivity index (χ4v) is 2.02. The number of rotatable bonds is 4. The van der Waals surface area contributed by atoms with Crippen LogP contribution in [0.5, 0.6) is 0 Å². The van der Waals surface area contributed by atoms with E-state index in [0.717, 1.165) is 36.4 Å². The first kappa shape index (κ1) is 17.8. The summed E-state index contributed by atoms with van der Waals surface area (Å²) in [6.45, 7) is 1.21. The van der Waals surface area contributed by atoms with Crippen molar-refractivity contribution in [2.24, 2.45) is 0 Å². The van der Waals surface area contributed by atoms with Gasteiger partial charge in [-0.25, -0.2) is 18.0 Å². The van der Waals surface area contributed by atoms with Gasteiger partial charge in [-0.15, -0.1) is 0 Å². The third kappa shape index (κ3) is 4.05. The third-order valence-electron chi connectivity index (χ3n) is 3.02. The van der Waals surface area contributed by atoms with E-state index in [1.54, 1.807) is 0 Å². The van der Waals surface area contributed by atoms with E-state index in [1.165, 1.54) is 6.92 Å². The number of para-hydroxylation sites is 1. The van der Waals surface area contributed by atoms with Crippen LogP contribution in [-0.4, -0.2) is 18.0 Å². The summed E-state index contributed by atoms with van der Waals surface area (Å²) in [5, 5.41) is 1.81. The summed E-state index contributed by atoms with van der Waals surface area (Å²) in [6.07, 6.45) is -1.36. The van der Waals surface area contributed by atoms with Gasteiger partial charge in [-0.3, -0.25) is 4.79 Å². The zero-order valence-electron chi connectivity index (χ0n) is 12.3. The van der Waals surface area contributed by atoms with Gasteiger partial charge in [-0.05, 0) is 37.3 Å². The molecule has 0 aromatic heterocycles. The maximum atomic E-state index is 13.5. The number of ether oxygens (including phenoxy) is 1. The molecule has 24 heavy (non-hydrogen) atoms. The van der Waals surface area contributed by atoms with Crippen molar-refractivity contribution < 1.29 is 27.5 Å². The first-order chi connectivity index (χ1) is 11.3. The van der Waals surface area contributed by atoms with Crippen LogP contribution in [0.4, 0.5) is 18.9 Å². The number of nitrogens with one attached hydrogen (secondary N) is 1. The molecule has 0 aliphatic carbocycles. The third-order valence-corrected chi connectivity index (χ3v) is 3.33. The highest BCUT2D eigenvalue weighted by atomic mass is 35.5. The molecule has 0 spiro atoms. The summed E-state index contributed by atoms with van der Waals surface area (Å²) in [5.41, 5.74) is -0.792. The van der Waals surface area contributed by atoms with Crippen molar-refractivity contribution >= 4 is 29.2 Å². The van der Waals surface area contributed by atoms with Crippen molar-refractivity contribution in [1.29, 1.82) is 0 Å². The van der Waals surface area contributed by atoms with Crippen LogP contribution in [0.3, 0.4) is 0 Å². The molecule has 1 N–H and O–H groups in total. The average molecular weight is 358 g/mol. The van der Waals surface area contributed by atoms with Gasteiger partial charge >= 0.3 is 5.97 Å². The van der Waals surface area contributed by atoms with Crippen LogP contribution in [0.25, 0.3) is 0 Å². The fourth-order valence-electron chi connectivity index (χ4n) is 1.77. The zero-order chi connectivity index (χ0) is 17.9. The largest absolute Gasteiger partial charge is 0.449 e. The van der Waals surface area contributed by atoms with Crippen LogP contribution in [-0.2, 0) is 9.53 Å². The van der Waals surface area contributed by atoms with Crippen molar-refractivity contribution in [2.75, 3.05) is 5.32 Å². The van der Waals surface area contributed by atoms with Crippen molar-refractivity contribution in [3.8, 4) is 0 Å². The fraction of sp³-hybridized carbons (Fsp3) is 0.125. The Balaban J connectivity index is 2.07. The molecule has 126 valence electrons. The molecule has 1 amide bonds. The Labute approximate surface area is 140 Å². The highest BCUT2D eigenvalue weighted by molar-refractivity contribution is 6.33. The van der Waals surface area contributed by atoms with Crippen LogP contribution in [0, 0.1) is 17.5 Å². The lowest BCUT2D eigenvalue weighted by atomic mass is 10.2. The second-order valence-electron chi connectivity index (χ2n) is 4.76. The highest BCUT2D eigenvalue weighted by Gasteiger charge is 2.22. The SMILES string of the molecule is CC(OC(=O)c1ccc(F)cc1Cl)C(=O)Nc1c(F)cccc1F. The van der Waals surface area contributed by atoms with E-state index in [1.807, 2.05) is 5.32 Å². The van der Waals surface area contributed by atoms with Crippen molar-refractivity contribution in [3.63, 3.8) is 0 Å². The molecule has 0 fully saturated rings. The quantitative estimate of drug-likeness (QED) is 0.843. The first-order valence-corrected chi connectivity index (χ1v) is 7.08. The zero-order valence-corrected chi connectivity index (χ0v) is 13.0. The van der Waals surface area contributed by atoms with Crippen LogP contribution in [0.1, 0.15) is 17.3 Å². The molecule has 2 aromatic rings. The highest BCUT2D eigenvalue weighted by Crippen LogP contribution is 2.20. The number of halogens is 4. The Morgan fingerprint density at radius 3 is 2.33 bits per heavy atom. The Morgan fingerprint density at radius 1 is 1.12 bits per heavy atom. The summed E-state index contributed by atoms with van der Waals surface area (Å²) in [4.78, 5) is 23.8. The molecule has 0 aliphatic heterocycles. The molecule has 0 bridgehead atoms. The Hall–Kier alpha value is -2.54. The molecule has 2 rings (SSSR count). The van der Waals surface area contributed by atoms with E-state index in [0.29, 0.717) is 0 Å². The molecule has 1 unspecified atom stereocenters. The lowest BCUT2D eigenvalue weighted by molar-refractivity contribution is -0.123. The monoisotopic (exact) mass is 357 g/mol. The van der Waals surface area contributed by atoms with E-state index >= 15 is 0 Å². The van der Waals surface area contributed by atoms with Crippen LogP contribution >= 0.6 is 11.6 Å². The maximum Gasteiger partial charge on any atom is 0.340 e. The van der Waals surface area contributed by atoms with E-state index in [4.69, 9.17) is 16.3 Å². The Morgan fingerprint density at radius 2 is 1.75 bits per heavy atom. The van der Waals surface area contributed by atoms with Gasteiger partial charge in [0.25, 0.3) is 5.91 Å². The second kappa shape index (κ2) is 7.35. The number of anilines is 1. The van der Waals surface area contributed by atoms with Gasteiger partial charge < -0.3 is 10.1 Å². The molecule has 2 aromatic carbocycles. The molecule has 1 atom stereocenters. The molecule has 4 nitrogen and oxygen atoms in total. The van der Waals surface area contributed by atoms with Crippen molar-refractivity contribution in [2.45, 2.75) is 13.0 Å². The van der Waals surface area contributed by atoms with E-state index < -0.39 is 41.1 Å². The predicted molar refractivity (Wildman–Crippen MR) is 81.3 cm³/mol. The van der Waals surface area contributed by atoms with Gasteiger partial charge in [0.05, 0.1) is 10.6 Å². The minimum atomic E-state index is -1.36. The van der Waals surface area contributed by atoms with Crippen LogP contribution in [0.15, 0.2) is 36.4 Å². The lowest BCUT2D eigenvalue weighted by Crippen LogP contribution is -2.30. The molecule has 8 heteroatoms. The lowest BCUT2D eigenvalue weighted by Gasteiger charge is -2.14. The van der Waals surface area contributed by atoms with Gasteiger partial charge in [0.1, 0.15) is 23.1 Å². The summed E-state index contributed by atoms with van der Waals surface area (Å²) < 4.78 is 44.8. The van der Waals surface area contributed by atoms with Crippen LogP contribution in [0.2, 0.25) is 5.02 Å². The number of carbonyl (C=O) groups is 2. The number of benzene rings is 2. The standard InChI is InChI=1S/C16H11ClF3NO3/c1-8(15(22)21-14-12(19)3-2-4-13(14)20)24-16(23)10-6-5-9(18)7-11(10)17/h2-8H,1H3,(H,21,22). The van der Waals surface area contributed by atoms with Crippen molar-refractivity contribution in [3.05, 3.63) is 64.4 Å². The van der Waals surface area contributed by atoms with Gasteiger partial charge in [0, 0.05) is 0 Å². The summed E-state index contributed by atoms with van der Waals surface area (Å²) >= 11 is 5.72. The molecule has 0 radical (unpaired) electrons. The maximum absolute atomic E-state index is 13.5. The average Bonchev–Trinajstić information content (AvgIpc) is 2.50. The number of carbonyl (C=O) groups excluding carboxylic acids is 2. The first-order valence-electron chi connectivity index (χ1n) is 6.70. The summed E-state index contributed by atoms with van der Waals surface area (Å²) in [7, 11) is 0. The normalized spacial score (nSPS) is 11.7.